The van der Waals surface area contributed by atoms with Crippen molar-refractivity contribution in [1.82, 2.24) is 14.9 Å². The van der Waals surface area contributed by atoms with Gasteiger partial charge in [0.25, 0.3) is 0 Å². The van der Waals surface area contributed by atoms with E-state index in [0.717, 1.165) is 41.8 Å². The predicted octanol–water partition coefficient (Wildman–Crippen LogP) is 3.62. The van der Waals surface area contributed by atoms with E-state index < -0.39 is 5.92 Å². The molecule has 2 aliphatic rings. The number of hydrogen-bond donors (Lipinski definition) is 1. The molecule has 5 rings (SSSR count). The fourth-order valence-electron chi connectivity index (χ4n) is 4.36. The molecule has 162 valence electrons. The number of para-hydroxylation sites is 1. The van der Waals surface area contributed by atoms with E-state index in [4.69, 9.17) is 9.47 Å². The van der Waals surface area contributed by atoms with Crippen LogP contribution in [0, 0.1) is 0 Å². The Morgan fingerprint density at radius 1 is 1.13 bits per heavy atom. The van der Waals surface area contributed by atoms with Gasteiger partial charge < -0.3 is 14.8 Å². The lowest BCUT2D eigenvalue weighted by atomic mass is 9.94. The summed E-state index contributed by atoms with van der Waals surface area (Å²) in [7, 11) is 1.62. The Bertz CT molecular complexity index is 1100. The van der Waals surface area contributed by atoms with Crippen molar-refractivity contribution in [3.63, 3.8) is 0 Å². The van der Waals surface area contributed by atoms with Gasteiger partial charge in [0.05, 0.1) is 18.3 Å². The van der Waals surface area contributed by atoms with Crippen molar-refractivity contribution in [3.05, 3.63) is 54.0 Å². The fraction of sp³-hybridized carbons (Fsp3) is 0.348. The largest absolute Gasteiger partial charge is 0.493 e. The molecule has 1 fully saturated rings. The molecule has 0 bridgehead atoms. The molecule has 2 aliphatic heterocycles. The Morgan fingerprint density at radius 3 is 2.74 bits per heavy atom. The highest BCUT2D eigenvalue weighted by Gasteiger charge is 2.34. The number of likely N-dealkylation sites (tertiary alicyclic amines) is 1. The van der Waals surface area contributed by atoms with Gasteiger partial charge in [0.2, 0.25) is 5.91 Å². The molecule has 2 aromatic carbocycles. The summed E-state index contributed by atoms with van der Waals surface area (Å²) in [5.41, 5.74) is 3.15. The zero-order chi connectivity index (χ0) is 20.5. The number of nitrogens with zero attached hydrogens (tertiary/aromatic N) is 3. The second-order valence-corrected chi connectivity index (χ2v) is 7.69. The van der Waals surface area contributed by atoms with Crippen LogP contribution < -0.4 is 14.8 Å². The maximum absolute atomic E-state index is 12.7. The molecule has 31 heavy (non-hydrogen) atoms. The van der Waals surface area contributed by atoms with Gasteiger partial charge in [0.15, 0.2) is 11.5 Å². The third kappa shape index (κ3) is 4.03. The Hall–Kier alpha value is -2.90. The summed E-state index contributed by atoms with van der Waals surface area (Å²) in [5, 5.41) is 3.74. The molecule has 7 nitrogen and oxygen atoms in total. The summed E-state index contributed by atoms with van der Waals surface area (Å²) in [4.78, 5) is 24.0. The number of carbonyl (C=O) groups excluding carboxylic acids is 1. The molecule has 1 unspecified atom stereocenters. The van der Waals surface area contributed by atoms with E-state index in [0.29, 0.717) is 23.8 Å². The molecule has 0 spiro atoms. The highest BCUT2D eigenvalue weighted by atomic mass is 35.5. The van der Waals surface area contributed by atoms with E-state index in [-0.39, 0.29) is 18.3 Å². The zero-order valence-electron chi connectivity index (χ0n) is 17.3. The first-order valence-electron chi connectivity index (χ1n) is 10.3. The molecule has 0 saturated carbocycles. The lowest BCUT2D eigenvalue weighted by molar-refractivity contribution is -0.116. The lowest BCUT2D eigenvalue weighted by Crippen LogP contribution is -2.25. The van der Waals surface area contributed by atoms with Gasteiger partial charge in [-0.2, -0.15) is 0 Å². The number of ether oxygens (including phenoxy) is 2. The molecule has 3 aromatic rings. The van der Waals surface area contributed by atoms with Crippen LogP contribution in [0.4, 0.5) is 5.69 Å². The highest BCUT2D eigenvalue weighted by Crippen LogP contribution is 2.40. The number of anilines is 1. The molecular weight excluding hydrogens is 416 g/mol. The van der Waals surface area contributed by atoms with Crippen LogP contribution in [0.5, 0.6) is 11.5 Å². The number of rotatable bonds is 6. The summed E-state index contributed by atoms with van der Waals surface area (Å²) < 4.78 is 11.6. The average molecular weight is 441 g/mol. The predicted molar refractivity (Wildman–Crippen MR) is 121 cm³/mol. The number of carbonyl (C=O) groups is 1. The molecule has 1 amide bonds. The summed E-state index contributed by atoms with van der Waals surface area (Å²) >= 11 is 0. The van der Waals surface area contributed by atoms with E-state index >= 15 is 0 Å². The topological polar surface area (TPSA) is 76.6 Å². The zero-order valence-corrected chi connectivity index (χ0v) is 18.2. The van der Waals surface area contributed by atoms with Crippen molar-refractivity contribution in [1.29, 1.82) is 0 Å². The van der Waals surface area contributed by atoms with Gasteiger partial charge in [-0.05, 0) is 43.6 Å². The number of nitrogens with one attached hydrogen (secondary N) is 1. The lowest BCUT2D eigenvalue weighted by Gasteiger charge is -2.17. The first-order valence-corrected chi connectivity index (χ1v) is 10.3. The van der Waals surface area contributed by atoms with Crippen LogP contribution in [0.3, 0.4) is 0 Å². The Labute approximate surface area is 187 Å². The monoisotopic (exact) mass is 440 g/mol. The second-order valence-electron chi connectivity index (χ2n) is 7.69. The van der Waals surface area contributed by atoms with E-state index in [1.54, 1.807) is 7.11 Å². The van der Waals surface area contributed by atoms with Gasteiger partial charge in [0.1, 0.15) is 18.9 Å². The van der Waals surface area contributed by atoms with Gasteiger partial charge in [-0.3, -0.25) is 9.69 Å². The van der Waals surface area contributed by atoms with Gasteiger partial charge in [-0.25, -0.2) is 9.97 Å². The SMILES string of the molecule is COc1cc2c(C3C(=O)Nc4ccccc43)ncnc2cc1OCCN1CCCC1.Cl. The maximum Gasteiger partial charge on any atom is 0.238 e. The van der Waals surface area contributed by atoms with Crippen molar-refractivity contribution < 1.29 is 14.3 Å². The van der Waals surface area contributed by atoms with Crippen LogP contribution >= 0.6 is 12.4 Å². The second kappa shape index (κ2) is 9.08. The molecule has 1 atom stereocenters. The van der Waals surface area contributed by atoms with Crippen LogP contribution in [-0.2, 0) is 4.79 Å². The number of hydrogen-bond acceptors (Lipinski definition) is 6. The average Bonchev–Trinajstić information content (AvgIpc) is 3.39. The normalized spacial score (nSPS) is 17.8. The van der Waals surface area contributed by atoms with E-state index in [2.05, 4.69) is 20.2 Å². The van der Waals surface area contributed by atoms with Crippen LogP contribution in [0.15, 0.2) is 42.7 Å². The highest BCUT2D eigenvalue weighted by molar-refractivity contribution is 6.06. The van der Waals surface area contributed by atoms with Gasteiger partial charge in [-0.15, -0.1) is 12.4 Å². The molecule has 3 heterocycles. The third-order valence-corrected chi connectivity index (χ3v) is 5.88. The maximum atomic E-state index is 12.7. The third-order valence-electron chi connectivity index (χ3n) is 5.88. The summed E-state index contributed by atoms with van der Waals surface area (Å²) in [6, 6.07) is 11.5. The smallest absolute Gasteiger partial charge is 0.238 e. The van der Waals surface area contributed by atoms with E-state index in [1.165, 1.54) is 19.2 Å². The summed E-state index contributed by atoms with van der Waals surface area (Å²) in [5.74, 6) is 0.719. The summed E-state index contributed by atoms with van der Waals surface area (Å²) in [6.45, 7) is 3.77. The standard InChI is InChI=1S/C23H24N4O3.ClH/c1-29-19-12-16-18(13-20(19)30-11-10-27-8-4-5-9-27)24-14-25-22(16)21-15-6-2-3-7-17(15)26-23(21)28;/h2-3,6-7,12-14,21H,4-5,8-11H2,1H3,(H,26,28);1H. The fourth-order valence-corrected chi connectivity index (χ4v) is 4.36. The number of aromatic nitrogens is 2. The number of fused-ring (bicyclic) bond motifs is 2. The van der Waals surface area contributed by atoms with Crippen molar-refractivity contribution >= 4 is 34.9 Å². The molecule has 0 aliphatic carbocycles. The molecule has 1 N–H and O–H groups in total. The van der Waals surface area contributed by atoms with Crippen LogP contribution in [0.2, 0.25) is 0 Å². The minimum atomic E-state index is -0.474. The van der Waals surface area contributed by atoms with E-state index in [9.17, 15) is 4.79 Å². The molecule has 8 heteroatoms. The van der Waals surface area contributed by atoms with Gasteiger partial charge >= 0.3 is 0 Å². The minimum Gasteiger partial charge on any atom is -0.493 e. The van der Waals surface area contributed by atoms with E-state index in [1.807, 2.05) is 36.4 Å². The number of halogens is 1. The Balaban J connectivity index is 0.00000231. The Morgan fingerprint density at radius 2 is 1.94 bits per heavy atom. The van der Waals surface area contributed by atoms with Crippen molar-refractivity contribution in [2.45, 2.75) is 18.8 Å². The number of benzene rings is 2. The van der Waals surface area contributed by atoms with Crippen molar-refractivity contribution in [2.24, 2.45) is 0 Å². The van der Waals surface area contributed by atoms with Gasteiger partial charge in [-0.1, -0.05) is 18.2 Å². The number of amides is 1. The quantitative estimate of drug-likeness (QED) is 0.631. The van der Waals surface area contributed by atoms with Crippen LogP contribution in [0.1, 0.15) is 30.0 Å². The first kappa shape index (κ1) is 21.3. The minimum absolute atomic E-state index is 0. The molecule has 1 saturated heterocycles. The molecular formula is C23H25ClN4O3. The van der Waals surface area contributed by atoms with Crippen LogP contribution in [0.25, 0.3) is 10.9 Å². The first-order chi connectivity index (χ1) is 14.7. The summed E-state index contributed by atoms with van der Waals surface area (Å²) in [6.07, 6.45) is 4.03. The van der Waals surface area contributed by atoms with Crippen LogP contribution in [-0.4, -0.2) is 54.1 Å². The number of methoxy groups -OCH3 is 1. The van der Waals surface area contributed by atoms with Crippen molar-refractivity contribution in [2.75, 3.05) is 38.7 Å². The Kier molecular flexibility index (Phi) is 6.25. The van der Waals surface area contributed by atoms with Gasteiger partial charge in [0, 0.05) is 23.7 Å². The molecule has 1 aromatic heterocycles. The van der Waals surface area contributed by atoms with Crippen molar-refractivity contribution in [3.8, 4) is 11.5 Å². The molecule has 0 radical (unpaired) electrons.